The van der Waals surface area contributed by atoms with Crippen LogP contribution in [0.4, 0.5) is 0 Å². The molecule has 0 aliphatic rings. The number of hydrogen-bond acceptors (Lipinski definition) is 4. The third-order valence-corrected chi connectivity index (χ3v) is 5.03. The van der Waals surface area contributed by atoms with Crippen molar-refractivity contribution in [1.82, 2.24) is 0 Å². The van der Waals surface area contributed by atoms with Gasteiger partial charge in [-0.1, -0.05) is 71.7 Å². The smallest absolute Gasteiger partial charge is 0.310 e. The molecule has 0 saturated heterocycles. The van der Waals surface area contributed by atoms with Crippen molar-refractivity contribution < 1.29 is 19.0 Å². The highest BCUT2D eigenvalue weighted by Crippen LogP contribution is 2.34. The van der Waals surface area contributed by atoms with Crippen LogP contribution < -0.4 is 9.47 Å². The van der Waals surface area contributed by atoms with Gasteiger partial charge in [-0.15, -0.1) is 0 Å². The van der Waals surface area contributed by atoms with E-state index in [1.165, 1.54) is 7.11 Å². The standard InChI is InChI=1S/C23H20Cl2O4/c1-27-22(26)13-16-9-6-12-21(28-14-17-7-2-4-10-19(17)24)23(16)29-15-18-8-3-5-11-20(18)25/h2-12H,13-15H2,1H3. The SMILES string of the molecule is COC(=O)Cc1cccc(OCc2ccccc2Cl)c1OCc1ccccc1Cl. The molecule has 0 spiro atoms. The maximum absolute atomic E-state index is 11.8. The van der Waals surface area contributed by atoms with E-state index < -0.39 is 0 Å². The lowest BCUT2D eigenvalue weighted by Crippen LogP contribution is -2.08. The molecule has 0 N–H and O–H groups in total. The highest BCUT2D eigenvalue weighted by atomic mass is 35.5. The molecule has 0 aliphatic heterocycles. The van der Waals surface area contributed by atoms with Crippen LogP contribution in [0.5, 0.6) is 11.5 Å². The van der Waals surface area contributed by atoms with Crippen molar-refractivity contribution in [1.29, 1.82) is 0 Å². The zero-order valence-electron chi connectivity index (χ0n) is 15.9. The minimum atomic E-state index is -0.365. The number of para-hydroxylation sites is 1. The number of carbonyl (C=O) groups is 1. The number of esters is 1. The third-order valence-electron chi connectivity index (χ3n) is 4.29. The summed E-state index contributed by atoms with van der Waals surface area (Å²) in [5.74, 6) is 0.624. The van der Waals surface area contributed by atoms with Crippen LogP contribution in [0.3, 0.4) is 0 Å². The molecule has 0 unspecified atom stereocenters. The Morgan fingerprint density at radius 2 is 1.31 bits per heavy atom. The van der Waals surface area contributed by atoms with Crippen molar-refractivity contribution in [2.24, 2.45) is 0 Å². The third kappa shape index (κ3) is 5.66. The second kappa shape index (κ2) is 10.2. The number of halogens is 2. The first kappa shape index (κ1) is 21.0. The molecule has 4 nitrogen and oxygen atoms in total. The summed E-state index contributed by atoms with van der Waals surface area (Å²) in [6.45, 7) is 0.504. The van der Waals surface area contributed by atoms with Crippen LogP contribution in [0.1, 0.15) is 16.7 Å². The van der Waals surface area contributed by atoms with Gasteiger partial charge in [-0.25, -0.2) is 0 Å². The van der Waals surface area contributed by atoms with E-state index in [0.29, 0.717) is 27.1 Å². The molecule has 3 aromatic carbocycles. The van der Waals surface area contributed by atoms with Crippen molar-refractivity contribution in [2.75, 3.05) is 7.11 Å². The van der Waals surface area contributed by atoms with E-state index in [0.717, 1.165) is 11.1 Å². The Morgan fingerprint density at radius 1 is 0.759 bits per heavy atom. The summed E-state index contributed by atoms with van der Waals surface area (Å²) in [6.07, 6.45) is 0.0671. The molecule has 0 aliphatic carbocycles. The maximum Gasteiger partial charge on any atom is 0.310 e. The van der Waals surface area contributed by atoms with Crippen LogP contribution in [0.15, 0.2) is 66.7 Å². The molecule has 29 heavy (non-hydrogen) atoms. The summed E-state index contributed by atoms with van der Waals surface area (Å²) in [7, 11) is 1.35. The number of ether oxygens (including phenoxy) is 3. The first-order valence-electron chi connectivity index (χ1n) is 8.99. The molecule has 3 rings (SSSR count). The topological polar surface area (TPSA) is 44.8 Å². The van der Waals surface area contributed by atoms with Gasteiger partial charge in [-0.05, 0) is 18.2 Å². The quantitative estimate of drug-likeness (QED) is 0.419. The average molecular weight is 431 g/mol. The molecule has 6 heteroatoms. The fourth-order valence-corrected chi connectivity index (χ4v) is 3.12. The molecule has 0 bridgehead atoms. The minimum Gasteiger partial charge on any atom is -0.485 e. The molecule has 0 saturated carbocycles. The van der Waals surface area contributed by atoms with Crippen molar-refractivity contribution in [3.63, 3.8) is 0 Å². The van der Waals surface area contributed by atoms with Gasteiger partial charge in [-0.3, -0.25) is 4.79 Å². The number of carbonyl (C=O) groups excluding carboxylic acids is 1. The van der Waals surface area contributed by atoms with Crippen LogP contribution >= 0.6 is 23.2 Å². The maximum atomic E-state index is 11.8. The number of benzene rings is 3. The lowest BCUT2D eigenvalue weighted by atomic mass is 10.1. The largest absolute Gasteiger partial charge is 0.485 e. The second-order valence-corrected chi connectivity index (χ2v) is 7.07. The Balaban J connectivity index is 1.86. The highest BCUT2D eigenvalue weighted by Gasteiger charge is 2.16. The van der Waals surface area contributed by atoms with Gasteiger partial charge >= 0.3 is 5.97 Å². The Labute approximate surface area is 179 Å². The number of methoxy groups -OCH3 is 1. The zero-order chi connectivity index (χ0) is 20.6. The first-order valence-corrected chi connectivity index (χ1v) is 9.75. The zero-order valence-corrected chi connectivity index (χ0v) is 17.4. The van der Waals surface area contributed by atoms with Gasteiger partial charge in [0.1, 0.15) is 13.2 Å². The van der Waals surface area contributed by atoms with E-state index >= 15 is 0 Å². The molecule has 0 radical (unpaired) electrons. The molecular weight excluding hydrogens is 411 g/mol. The summed E-state index contributed by atoms with van der Waals surface area (Å²) in [5.41, 5.74) is 2.35. The number of rotatable bonds is 8. The van der Waals surface area contributed by atoms with Crippen LogP contribution in [0.2, 0.25) is 10.0 Å². The Bertz CT molecular complexity index is 988. The molecule has 0 atom stereocenters. The molecule has 0 amide bonds. The Hall–Kier alpha value is -2.69. The van der Waals surface area contributed by atoms with Crippen LogP contribution in [0, 0.1) is 0 Å². The predicted molar refractivity (Wildman–Crippen MR) is 114 cm³/mol. The van der Waals surface area contributed by atoms with Crippen molar-refractivity contribution in [3.8, 4) is 11.5 Å². The van der Waals surface area contributed by atoms with Crippen molar-refractivity contribution >= 4 is 29.2 Å². The fraction of sp³-hybridized carbons (Fsp3) is 0.174. The van der Waals surface area contributed by atoms with Gasteiger partial charge in [0, 0.05) is 26.7 Å². The molecular formula is C23H20Cl2O4. The number of hydrogen-bond donors (Lipinski definition) is 0. The highest BCUT2D eigenvalue weighted by molar-refractivity contribution is 6.31. The summed E-state index contributed by atoms with van der Waals surface area (Å²) >= 11 is 12.5. The van der Waals surface area contributed by atoms with Gasteiger partial charge in [0.2, 0.25) is 0 Å². The summed E-state index contributed by atoms with van der Waals surface area (Å²) in [6, 6.07) is 20.3. The normalized spacial score (nSPS) is 10.4. The van der Waals surface area contributed by atoms with E-state index in [9.17, 15) is 4.79 Å². The summed E-state index contributed by atoms with van der Waals surface area (Å²) in [5, 5.41) is 1.23. The van der Waals surface area contributed by atoms with Crippen LogP contribution in [-0.2, 0) is 29.2 Å². The van der Waals surface area contributed by atoms with Gasteiger partial charge in [0.05, 0.1) is 13.5 Å². The van der Waals surface area contributed by atoms with Crippen molar-refractivity contribution in [3.05, 3.63) is 93.5 Å². The average Bonchev–Trinajstić information content (AvgIpc) is 2.73. The van der Waals surface area contributed by atoms with Gasteiger partial charge in [0.15, 0.2) is 11.5 Å². The van der Waals surface area contributed by atoms with Gasteiger partial charge < -0.3 is 14.2 Å². The van der Waals surface area contributed by atoms with E-state index in [-0.39, 0.29) is 25.6 Å². The van der Waals surface area contributed by atoms with E-state index in [1.54, 1.807) is 18.2 Å². The summed E-state index contributed by atoms with van der Waals surface area (Å²) in [4.78, 5) is 11.8. The molecule has 150 valence electrons. The lowest BCUT2D eigenvalue weighted by molar-refractivity contribution is -0.139. The molecule has 0 fully saturated rings. The van der Waals surface area contributed by atoms with E-state index in [1.807, 2.05) is 48.5 Å². The minimum absolute atomic E-state index is 0.0671. The predicted octanol–water partition coefficient (Wildman–Crippen LogP) is 5.87. The first-order chi connectivity index (χ1) is 14.1. The van der Waals surface area contributed by atoms with Crippen molar-refractivity contribution in [2.45, 2.75) is 19.6 Å². The molecule has 0 heterocycles. The molecule has 0 aromatic heterocycles. The van der Waals surface area contributed by atoms with E-state index in [4.69, 9.17) is 37.4 Å². The lowest BCUT2D eigenvalue weighted by Gasteiger charge is -2.17. The van der Waals surface area contributed by atoms with Crippen LogP contribution in [0.25, 0.3) is 0 Å². The molecule has 3 aromatic rings. The monoisotopic (exact) mass is 430 g/mol. The van der Waals surface area contributed by atoms with E-state index in [2.05, 4.69) is 0 Å². The van der Waals surface area contributed by atoms with Gasteiger partial charge in [-0.2, -0.15) is 0 Å². The summed E-state index contributed by atoms with van der Waals surface area (Å²) < 4.78 is 16.8. The Kier molecular flexibility index (Phi) is 7.39. The van der Waals surface area contributed by atoms with Crippen LogP contribution in [-0.4, -0.2) is 13.1 Å². The Morgan fingerprint density at radius 3 is 1.90 bits per heavy atom. The second-order valence-electron chi connectivity index (χ2n) is 6.26. The van der Waals surface area contributed by atoms with Gasteiger partial charge in [0.25, 0.3) is 0 Å². The fourth-order valence-electron chi connectivity index (χ4n) is 2.74.